The van der Waals surface area contributed by atoms with Gasteiger partial charge >= 0.3 is 5.97 Å². The van der Waals surface area contributed by atoms with Gasteiger partial charge in [0, 0.05) is 22.9 Å². The van der Waals surface area contributed by atoms with Crippen LogP contribution < -0.4 is 5.73 Å². The van der Waals surface area contributed by atoms with Gasteiger partial charge in [0.05, 0.1) is 12.7 Å². The molecule has 4 nitrogen and oxygen atoms in total. The first kappa shape index (κ1) is 13.9. The summed E-state index contributed by atoms with van der Waals surface area (Å²) in [4.78, 5) is 12.4. The molecule has 0 aliphatic carbocycles. The van der Waals surface area contributed by atoms with Gasteiger partial charge in [-0.3, -0.25) is 0 Å². The van der Waals surface area contributed by atoms with Gasteiger partial charge in [0.25, 0.3) is 0 Å². The third-order valence-corrected chi connectivity index (χ3v) is 3.60. The Balaban J connectivity index is 2.78. The van der Waals surface area contributed by atoms with E-state index >= 15 is 0 Å². The Bertz CT molecular complexity index is 395. The van der Waals surface area contributed by atoms with Crippen molar-refractivity contribution in [3.8, 4) is 0 Å². The number of nitrogens with two attached hydrogens (primary N) is 1. The van der Waals surface area contributed by atoms with E-state index in [-0.39, 0.29) is 12.5 Å². The Labute approximate surface area is 105 Å². The number of aliphatic hydroxyl groups is 1. The minimum absolute atomic E-state index is 0.159. The van der Waals surface area contributed by atoms with Crippen LogP contribution in [0.25, 0.3) is 0 Å². The van der Waals surface area contributed by atoms with E-state index < -0.39 is 5.97 Å². The molecule has 0 amide bonds. The molecular weight excluding hydrogens is 238 g/mol. The number of esters is 1. The second kappa shape index (κ2) is 6.51. The number of benzene rings is 1. The fourth-order valence-electron chi connectivity index (χ4n) is 1.20. The van der Waals surface area contributed by atoms with Crippen LogP contribution in [0, 0.1) is 5.92 Å². The average molecular weight is 255 g/mol. The molecule has 0 spiro atoms. The molecule has 0 fully saturated rings. The second-order valence-corrected chi connectivity index (χ2v) is 4.93. The minimum Gasteiger partial charge on any atom is -0.465 e. The highest BCUT2D eigenvalue weighted by atomic mass is 32.2. The van der Waals surface area contributed by atoms with Gasteiger partial charge in [-0.2, -0.15) is 0 Å². The van der Waals surface area contributed by atoms with Crippen molar-refractivity contribution in [3.63, 3.8) is 0 Å². The Hall–Kier alpha value is -1.20. The first-order chi connectivity index (χ1) is 8.08. The predicted molar refractivity (Wildman–Crippen MR) is 69.2 cm³/mol. The summed E-state index contributed by atoms with van der Waals surface area (Å²) in [5.41, 5.74) is 6.49. The van der Waals surface area contributed by atoms with Crippen LogP contribution in [0.1, 0.15) is 17.3 Å². The third-order valence-electron chi connectivity index (χ3n) is 2.28. The van der Waals surface area contributed by atoms with Crippen LogP contribution in [-0.2, 0) is 4.74 Å². The normalized spacial score (nSPS) is 12.2. The molecular formula is C12H17NO3S. The lowest BCUT2D eigenvalue weighted by Crippen LogP contribution is -2.06. The molecule has 1 atom stereocenters. The standard InChI is InChI=1S/C12H17NO3S/c1-8(6-14)7-17-9-3-4-11(13)10(5-9)12(15)16-2/h3-5,8,14H,6-7,13H2,1-2H3. The number of rotatable bonds is 5. The SMILES string of the molecule is COC(=O)c1cc(SCC(C)CO)ccc1N. The largest absolute Gasteiger partial charge is 0.465 e. The number of carbonyl (C=O) groups excluding carboxylic acids is 1. The Morgan fingerprint density at radius 3 is 2.88 bits per heavy atom. The number of aliphatic hydroxyl groups excluding tert-OH is 1. The molecule has 0 aliphatic rings. The van der Waals surface area contributed by atoms with E-state index in [2.05, 4.69) is 4.74 Å². The van der Waals surface area contributed by atoms with E-state index in [9.17, 15) is 4.79 Å². The number of carbonyl (C=O) groups is 1. The van der Waals surface area contributed by atoms with Crippen LogP contribution in [0.3, 0.4) is 0 Å². The zero-order chi connectivity index (χ0) is 12.8. The zero-order valence-corrected chi connectivity index (χ0v) is 10.8. The lowest BCUT2D eigenvalue weighted by atomic mass is 10.2. The van der Waals surface area contributed by atoms with Gasteiger partial charge < -0.3 is 15.6 Å². The van der Waals surface area contributed by atoms with E-state index in [1.54, 1.807) is 23.9 Å². The van der Waals surface area contributed by atoms with Crippen molar-refractivity contribution < 1.29 is 14.6 Å². The van der Waals surface area contributed by atoms with E-state index in [1.807, 2.05) is 13.0 Å². The monoisotopic (exact) mass is 255 g/mol. The van der Waals surface area contributed by atoms with Crippen molar-refractivity contribution in [1.82, 2.24) is 0 Å². The summed E-state index contributed by atoms with van der Waals surface area (Å²) < 4.78 is 4.65. The number of hydrogen-bond donors (Lipinski definition) is 2. The van der Waals surface area contributed by atoms with Crippen molar-refractivity contribution in [1.29, 1.82) is 0 Å². The maximum Gasteiger partial charge on any atom is 0.339 e. The highest BCUT2D eigenvalue weighted by Crippen LogP contribution is 2.25. The quantitative estimate of drug-likeness (QED) is 0.476. The molecule has 1 rings (SSSR count). The van der Waals surface area contributed by atoms with E-state index in [0.29, 0.717) is 11.3 Å². The van der Waals surface area contributed by atoms with Gasteiger partial charge in [-0.1, -0.05) is 6.92 Å². The van der Waals surface area contributed by atoms with Crippen LogP contribution >= 0.6 is 11.8 Å². The molecule has 1 aromatic carbocycles. The first-order valence-corrected chi connectivity index (χ1v) is 6.28. The molecule has 0 radical (unpaired) electrons. The summed E-state index contributed by atoms with van der Waals surface area (Å²) in [7, 11) is 1.33. The van der Waals surface area contributed by atoms with E-state index in [0.717, 1.165) is 10.6 Å². The smallest absolute Gasteiger partial charge is 0.339 e. The molecule has 3 N–H and O–H groups in total. The summed E-state index contributed by atoms with van der Waals surface area (Å²) in [5.74, 6) is 0.584. The summed E-state index contributed by atoms with van der Waals surface area (Å²) in [6.07, 6.45) is 0. The number of ether oxygens (including phenoxy) is 1. The lowest BCUT2D eigenvalue weighted by molar-refractivity contribution is 0.0601. The Morgan fingerprint density at radius 2 is 2.29 bits per heavy atom. The molecule has 5 heteroatoms. The fourth-order valence-corrected chi connectivity index (χ4v) is 2.15. The first-order valence-electron chi connectivity index (χ1n) is 5.30. The minimum atomic E-state index is -0.430. The van der Waals surface area contributed by atoms with Gasteiger partial charge in [0.1, 0.15) is 0 Å². The molecule has 1 aromatic rings. The molecule has 0 bridgehead atoms. The van der Waals surface area contributed by atoms with Crippen molar-refractivity contribution in [2.45, 2.75) is 11.8 Å². The highest BCUT2D eigenvalue weighted by molar-refractivity contribution is 7.99. The molecule has 1 unspecified atom stereocenters. The predicted octanol–water partition coefficient (Wildman–Crippen LogP) is 1.78. The average Bonchev–Trinajstić information content (AvgIpc) is 2.36. The van der Waals surface area contributed by atoms with Gasteiger partial charge in [-0.05, 0) is 24.1 Å². The third kappa shape index (κ3) is 3.94. The van der Waals surface area contributed by atoms with E-state index in [4.69, 9.17) is 10.8 Å². The summed E-state index contributed by atoms with van der Waals surface area (Å²) >= 11 is 1.58. The van der Waals surface area contributed by atoms with Gasteiger partial charge in [0.15, 0.2) is 0 Å². The highest BCUT2D eigenvalue weighted by Gasteiger charge is 2.11. The number of anilines is 1. The van der Waals surface area contributed by atoms with Gasteiger partial charge in [0.2, 0.25) is 0 Å². The van der Waals surface area contributed by atoms with Crippen LogP contribution in [0.2, 0.25) is 0 Å². The number of thioether (sulfide) groups is 1. The second-order valence-electron chi connectivity index (χ2n) is 3.84. The van der Waals surface area contributed by atoms with Crippen molar-refractivity contribution in [3.05, 3.63) is 23.8 Å². The van der Waals surface area contributed by atoms with Crippen LogP contribution in [0.4, 0.5) is 5.69 Å². The fraction of sp³-hybridized carbons (Fsp3) is 0.417. The molecule has 0 saturated carbocycles. The number of methoxy groups -OCH3 is 1. The maximum atomic E-state index is 11.4. The van der Waals surface area contributed by atoms with E-state index in [1.165, 1.54) is 7.11 Å². The number of hydrogen-bond acceptors (Lipinski definition) is 5. The van der Waals surface area contributed by atoms with Crippen LogP contribution in [0.15, 0.2) is 23.1 Å². The van der Waals surface area contributed by atoms with Crippen molar-refractivity contribution >= 4 is 23.4 Å². The van der Waals surface area contributed by atoms with Crippen molar-refractivity contribution in [2.75, 3.05) is 25.2 Å². The molecule has 0 heterocycles. The van der Waals surface area contributed by atoms with Crippen molar-refractivity contribution in [2.24, 2.45) is 5.92 Å². The molecule has 94 valence electrons. The molecule has 17 heavy (non-hydrogen) atoms. The zero-order valence-electron chi connectivity index (χ0n) is 9.97. The maximum absolute atomic E-state index is 11.4. The molecule has 0 saturated heterocycles. The molecule has 0 aliphatic heterocycles. The summed E-state index contributed by atoms with van der Waals surface area (Å²) in [5, 5.41) is 8.93. The Kier molecular flexibility index (Phi) is 5.31. The van der Waals surface area contributed by atoms with Crippen LogP contribution in [0.5, 0.6) is 0 Å². The van der Waals surface area contributed by atoms with Gasteiger partial charge in [-0.25, -0.2) is 4.79 Å². The molecule has 0 aromatic heterocycles. The summed E-state index contributed by atoms with van der Waals surface area (Å²) in [6, 6.07) is 5.27. The van der Waals surface area contributed by atoms with Crippen LogP contribution in [-0.4, -0.2) is 30.5 Å². The lowest BCUT2D eigenvalue weighted by Gasteiger charge is -2.09. The van der Waals surface area contributed by atoms with Gasteiger partial charge in [-0.15, -0.1) is 11.8 Å². The Morgan fingerprint density at radius 1 is 1.59 bits per heavy atom. The topological polar surface area (TPSA) is 72.5 Å². The summed E-state index contributed by atoms with van der Waals surface area (Å²) in [6.45, 7) is 2.12. The number of nitrogen functional groups attached to an aromatic ring is 1.